The molecule has 2 fully saturated rings. The number of hydrogen-bond acceptors (Lipinski definition) is 5. The van der Waals surface area contributed by atoms with Crippen LogP contribution in [0.1, 0.15) is 37.3 Å². The number of hydrogen-bond donors (Lipinski definition) is 1. The van der Waals surface area contributed by atoms with E-state index in [9.17, 15) is 9.59 Å². The van der Waals surface area contributed by atoms with E-state index >= 15 is 0 Å². The average Bonchev–Trinajstić information content (AvgIpc) is 3.26. The van der Waals surface area contributed by atoms with Crippen molar-refractivity contribution in [3.63, 3.8) is 0 Å². The van der Waals surface area contributed by atoms with Crippen LogP contribution in [0.3, 0.4) is 0 Å². The highest BCUT2D eigenvalue weighted by atomic mass is 16.5. The Morgan fingerprint density at radius 1 is 1.00 bits per heavy atom. The van der Waals surface area contributed by atoms with Crippen LogP contribution < -0.4 is 19.7 Å². The van der Waals surface area contributed by atoms with Crippen LogP contribution in [-0.4, -0.2) is 50.6 Å². The number of anilines is 1. The molecule has 0 spiro atoms. The molecule has 2 aliphatic rings. The zero-order chi connectivity index (χ0) is 24.1. The van der Waals surface area contributed by atoms with Crippen molar-refractivity contribution in [3.8, 4) is 11.5 Å². The topological polar surface area (TPSA) is 71.1 Å². The number of methoxy groups -OCH3 is 2. The minimum atomic E-state index is -0.374. The molecule has 2 aliphatic heterocycles. The quantitative estimate of drug-likeness (QED) is 0.645. The van der Waals surface area contributed by atoms with Crippen LogP contribution in [0.25, 0.3) is 0 Å². The molecule has 34 heavy (non-hydrogen) atoms. The Balaban J connectivity index is 1.28. The first-order chi connectivity index (χ1) is 16.5. The molecule has 1 unspecified atom stereocenters. The van der Waals surface area contributed by atoms with Gasteiger partial charge in [0.05, 0.1) is 20.1 Å². The lowest BCUT2D eigenvalue weighted by atomic mass is 9.99. The van der Waals surface area contributed by atoms with E-state index in [-0.39, 0.29) is 24.2 Å². The van der Waals surface area contributed by atoms with Crippen LogP contribution in [0.2, 0.25) is 0 Å². The number of benzene rings is 2. The third-order valence-corrected chi connectivity index (χ3v) is 6.95. The number of rotatable bonds is 8. The van der Waals surface area contributed by atoms with Gasteiger partial charge in [-0.05, 0) is 55.1 Å². The molecule has 7 nitrogen and oxygen atoms in total. The first-order valence-electron chi connectivity index (χ1n) is 12.1. The molecule has 1 atom stereocenters. The molecule has 4 rings (SSSR count). The van der Waals surface area contributed by atoms with E-state index < -0.39 is 0 Å². The van der Waals surface area contributed by atoms with Gasteiger partial charge >= 0.3 is 0 Å². The molecular weight excluding hydrogens is 430 g/mol. The van der Waals surface area contributed by atoms with Crippen LogP contribution in [0.15, 0.2) is 42.5 Å². The average molecular weight is 466 g/mol. The summed E-state index contributed by atoms with van der Waals surface area (Å²) >= 11 is 0. The number of nitrogens with one attached hydrogen (secondary N) is 1. The van der Waals surface area contributed by atoms with Crippen LogP contribution >= 0.6 is 0 Å². The summed E-state index contributed by atoms with van der Waals surface area (Å²) in [6.07, 6.45) is 2.75. The van der Waals surface area contributed by atoms with E-state index in [2.05, 4.69) is 41.4 Å². The van der Waals surface area contributed by atoms with Crippen LogP contribution in [0.5, 0.6) is 11.5 Å². The molecule has 2 amide bonds. The molecular formula is C27H35N3O4. The number of nitrogens with zero attached hydrogens (tertiary/aromatic N) is 2. The van der Waals surface area contributed by atoms with E-state index in [1.54, 1.807) is 31.3 Å². The van der Waals surface area contributed by atoms with Gasteiger partial charge in [0.25, 0.3) is 0 Å². The highest BCUT2D eigenvalue weighted by Crippen LogP contribution is 2.34. The zero-order valence-corrected chi connectivity index (χ0v) is 20.4. The molecule has 0 aromatic heterocycles. The lowest BCUT2D eigenvalue weighted by Crippen LogP contribution is -2.33. The predicted octanol–water partition coefficient (Wildman–Crippen LogP) is 3.61. The Morgan fingerprint density at radius 2 is 1.68 bits per heavy atom. The molecule has 2 aromatic rings. The SMILES string of the molecule is COc1ccc(N2CC(C(=O)NCc3ccc(CN4CCC(C)CC4)cc3)CC2=O)cc1OC. The van der Waals surface area contributed by atoms with Crippen molar-refractivity contribution in [3.05, 3.63) is 53.6 Å². The van der Waals surface area contributed by atoms with Gasteiger partial charge in [0, 0.05) is 37.8 Å². The first-order valence-corrected chi connectivity index (χ1v) is 12.1. The van der Waals surface area contributed by atoms with Crippen molar-refractivity contribution < 1.29 is 19.1 Å². The summed E-state index contributed by atoms with van der Waals surface area (Å²) in [5.74, 6) is 1.46. The molecule has 2 aromatic carbocycles. The van der Waals surface area contributed by atoms with Crippen molar-refractivity contribution in [2.75, 3.05) is 38.8 Å². The van der Waals surface area contributed by atoms with E-state index in [4.69, 9.17) is 9.47 Å². The normalized spacial score (nSPS) is 19.3. The highest BCUT2D eigenvalue weighted by molar-refractivity contribution is 6.00. The summed E-state index contributed by atoms with van der Waals surface area (Å²) in [5.41, 5.74) is 3.07. The monoisotopic (exact) mass is 465 g/mol. The van der Waals surface area contributed by atoms with Gasteiger partial charge in [0.15, 0.2) is 11.5 Å². The fourth-order valence-electron chi connectivity index (χ4n) is 4.70. The Hall–Kier alpha value is -3.06. The number of amides is 2. The van der Waals surface area contributed by atoms with Crippen molar-refractivity contribution in [2.24, 2.45) is 11.8 Å². The van der Waals surface area contributed by atoms with Gasteiger partial charge in [-0.1, -0.05) is 31.2 Å². The first kappa shape index (κ1) is 24.1. The van der Waals surface area contributed by atoms with Gasteiger partial charge in [-0.25, -0.2) is 0 Å². The lowest BCUT2D eigenvalue weighted by Gasteiger charge is -2.30. The highest BCUT2D eigenvalue weighted by Gasteiger charge is 2.35. The molecule has 1 N–H and O–H groups in total. The summed E-state index contributed by atoms with van der Waals surface area (Å²) in [6.45, 7) is 6.46. The molecule has 7 heteroatoms. The van der Waals surface area contributed by atoms with Crippen LogP contribution in [0.4, 0.5) is 5.69 Å². The Kier molecular flexibility index (Phi) is 7.73. The number of ether oxygens (including phenoxy) is 2. The summed E-state index contributed by atoms with van der Waals surface area (Å²) < 4.78 is 10.6. The van der Waals surface area contributed by atoms with E-state index in [0.717, 1.165) is 18.0 Å². The van der Waals surface area contributed by atoms with Crippen molar-refractivity contribution >= 4 is 17.5 Å². The molecule has 0 radical (unpaired) electrons. The third-order valence-electron chi connectivity index (χ3n) is 6.95. The number of carbonyl (C=O) groups is 2. The standard InChI is InChI=1S/C27H35N3O4/c1-19-10-12-29(13-11-19)17-21-6-4-20(5-7-21)16-28-27(32)22-14-26(31)30(18-22)23-8-9-24(33-2)25(15-23)34-3/h4-9,15,19,22H,10-14,16-18H2,1-3H3,(H,28,32). The number of carbonyl (C=O) groups excluding carboxylic acids is 2. The second-order valence-electron chi connectivity index (χ2n) is 9.44. The second kappa shape index (κ2) is 10.9. The smallest absolute Gasteiger partial charge is 0.227 e. The Labute approximate surface area is 202 Å². The van der Waals surface area contributed by atoms with Gasteiger partial charge in [0.2, 0.25) is 11.8 Å². The lowest BCUT2D eigenvalue weighted by molar-refractivity contribution is -0.126. The van der Waals surface area contributed by atoms with E-state index in [1.165, 1.54) is 31.5 Å². The van der Waals surface area contributed by atoms with Crippen molar-refractivity contribution in [2.45, 2.75) is 39.3 Å². The van der Waals surface area contributed by atoms with Gasteiger partial charge < -0.3 is 19.7 Å². The van der Waals surface area contributed by atoms with Crippen LogP contribution in [-0.2, 0) is 22.7 Å². The third kappa shape index (κ3) is 5.70. The predicted molar refractivity (Wildman–Crippen MR) is 132 cm³/mol. The number of piperidine rings is 1. The molecule has 2 heterocycles. The molecule has 2 saturated heterocycles. The second-order valence-corrected chi connectivity index (χ2v) is 9.44. The molecule has 0 aliphatic carbocycles. The summed E-state index contributed by atoms with van der Waals surface area (Å²) in [7, 11) is 3.13. The Bertz CT molecular complexity index is 999. The largest absolute Gasteiger partial charge is 0.493 e. The summed E-state index contributed by atoms with van der Waals surface area (Å²) in [4.78, 5) is 29.5. The molecule has 0 bridgehead atoms. The summed E-state index contributed by atoms with van der Waals surface area (Å²) in [6, 6.07) is 13.8. The number of likely N-dealkylation sites (tertiary alicyclic amines) is 1. The molecule has 182 valence electrons. The van der Waals surface area contributed by atoms with E-state index in [0.29, 0.717) is 30.3 Å². The van der Waals surface area contributed by atoms with Crippen LogP contribution in [0, 0.1) is 11.8 Å². The fourth-order valence-corrected chi connectivity index (χ4v) is 4.70. The van der Waals surface area contributed by atoms with Gasteiger partial charge in [-0.3, -0.25) is 14.5 Å². The minimum Gasteiger partial charge on any atom is -0.493 e. The van der Waals surface area contributed by atoms with E-state index in [1.807, 2.05) is 6.07 Å². The summed E-state index contributed by atoms with van der Waals surface area (Å²) in [5, 5.41) is 3.01. The maximum absolute atomic E-state index is 12.8. The van der Waals surface area contributed by atoms with Gasteiger partial charge in [-0.15, -0.1) is 0 Å². The maximum Gasteiger partial charge on any atom is 0.227 e. The minimum absolute atomic E-state index is 0.0659. The van der Waals surface area contributed by atoms with Crippen molar-refractivity contribution in [1.82, 2.24) is 10.2 Å². The molecule has 0 saturated carbocycles. The fraction of sp³-hybridized carbons (Fsp3) is 0.481. The van der Waals surface area contributed by atoms with Gasteiger partial charge in [0.1, 0.15) is 0 Å². The van der Waals surface area contributed by atoms with Crippen molar-refractivity contribution in [1.29, 1.82) is 0 Å². The zero-order valence-electron chi connectivity index (χ0n) is 20.4. The van der Waals surface area contributed by atoms with Gasteiger partial charge in [-0.2, -0.15) is 0 Å². The Morgan fingerprint density at radius 3 is 2.35 bits per heavy atom. The maximum atomic E-state index is 12.8.